The van der Waals surface area contributed by atoms with Crippen LogP contribution in [0.3, 0.4) is 0 Å². The van der Waals surface area contributed by atoms with Crippen molar-refractivity contribution in [2.24, 2.45) is 7.05 Å². The summed E-state index contributed by atoms with van der Waals surface area (Å²) in [6.45, 7) is 2.15. The summed E-state index contributed by atoms with van der Waals surface area (Å²) in [5.41, 5.74) is 2.32. The van der Waals surface area contributed by atoms with Crippen molar-refractivity contribution < 1.29 is 9.59 Å². The lowest BCUT2D eigenvalue weighted by molar-refractivity contribution is -0.118. The first-order chi connectivity index (χ1) is 14.9. The molecule has 1 heterocycles. The molecule has 168 valence electrons. The molecular formula is C23H25Cl2N5O2. The van der Waals surface area contributed by atoms with Crippen LogP contribution in [0.25, 0.3) is 11.4 Å². The van der Waals surface area contributed by atoms with Crippen LogP contribution in [0.1, 0.15) is 41.5 Å². The van der Waals surface area contributed by atoms with Crippen molar-refractivity contribution in [3.63, 3.8) is 0 Å². The molecule has 0 atom stereocenters. The molecule has 1 aliphatic carbocycles. The highest BCUT2D eigenvalue weighted by atomic mass is 35.5. The van der Waals surface area contributed by atoms with E-state index in [-0.39, 0.29) is 29.6 Å². The molecule has 2 amide bonds. The van der Waals surface area contributed by atoms with Crippen molar-refractivity contribution >= 4 is 35.8 Å². The van der Waals surface area contributed by atoms with Crippen LogP contribution < -0.4 is 10.6 Å². The fraction of sp³-hybridized carbons (Fsp3) is 0.304. The minimum absolute atomic E-state index is 0. The Morgan fingerprint density at radius 1 is 1.06 bits per heavy atom. The van der Waals surface area contributed by atoms with Crippen molar-refractivity contribution in [3.8, 4) is 11.4 Å². The highest BCUT2D eigenvalue weighted by Gasteiger charge is 2.49. The van der Waals surface area contributed by atoms with E-state index in [2.05, 4.69) is 33.0 Å². The number of hydrogen-bond acceptors (Lipinski definition) is 4. The van der Waals surface area contributed by atoms with Gasteiger partial charge in [-0.25, -0.2) is 0 Å². The number of benzene rings is 2. The van der Waals surface area contributed by atoms with Crippen LogP contribution in [0.15, 0.2) is 48.5 Å². The van der Waals surface area contributed by atoms with Crippen molar-refractivity contribution in [1.82, 2.24) is 25.4 Å². The Bertz CT molecular complexity index is 1130. The molecule has 7 nitrogen and oxygen atoms in total. The Morgan fingerprint density at radius 3 is 2.38 bits per heavy atom. The molecule has 9 heteroatoms. The maximum Gasteiger partial charge on any atom is 0.251 e. The number of nitrogens with zero attached hydrogens (tertiary/aromatic N) is 3. The molecule has 4 rings (SSSR count). The van der Waals surface area contributed by atoms with Gasteiger partial charge in [-0.1, -0.05) is 41.9 Å². The second kappa shape index (κ2) is 9.71. The summed E-state index contributed by atoms with van der Waals surface area (Å²) in [6, 6.07) is 15.5. The lowest BCUT2D eigenvalue weighted by Crippen LogP contribution is -2.33. The molecular weight excluding hydrogens is 449 g/mol. The van der Waals surface area contributed by atoms with Crippen LogP contribution in [0.2, 0.25) is 5.02 Å². The zero-order valence-corrected chi connectivity index (χ0v) is 19.5. The second-order valence-corrected chi connectivity index (χ2v) is 8.20. The topological polar surface area (TPSA) is 88.9 Å². The van der Waals surface area contributed by atoms with Gasteiger partial charge in [-0.2, -0.15) is 0 Å². The Balaban J connectivity index is 0.00000289. The van der Waals surface area contributed by atoms with Gasteiger partial charge in [-0.15, -0.1) is 22.6 Å². The van der Waals surface area contributed by atoms with Gasteiger partial charge in [0.1, 0.15) is 5.82 Å². The quantitative estimate of drug-likeness (QED) is 0.513. The Morgan fingerprint density at radius 2 is 1.75 bits per heavy atom. The van der Waals surface area contributed by atoms with Gasteiger partial charge < -0.3 is 15.2 Å². The number of hydrogen-bond donors (Lipinski definition) is 2. The van der Waals surface area contributed by atoms with Crippen LogP contribution in [0, 0.1) is 0 Å². The average molecular weight is 474 g/mol. The van der Waals surface area contributed by atoms with Gasteiger partial charge in [0.15, 0.2) is 5.82 Å². The molecule has 2 aromatic carbocycles. The molecule has 32 heavy (non-hydrogen) atoms. The van der Waals surface area contributed by atoms with E-state index in [1.54, 1.807) is 18.2 Å². The van der Waals surface area contributed by atoms with E-state index in [1.807, 2.05) is 29.8 Å². The fourth-order valence-corrected chi connectivity index (χ4v) is 4.12. The van der Waals surface area contributed by atoms with Gasteiger partial charge in [0.25, 0.3) is 5.91 Å². The predicted octanol–water partition coefficient (Wildman–Crippen LogP) is 3.50. The van der Waals surface area contributed by atoms with E-state index < -0.39 is 0 Å². The van der Waals surface area contributed by atoms with E-state index in [4.69, 9.17) is 11.6 Å². The largest absolute Gasteiger partial charge is 0.355 e. The van der Waals surface area contributed by atoms with Crippen molar-refractivity contribution in [3.05, 3.63) is 70.5 Å². The summed E-state index contributed by atoms with van der Waals surface area (Å²) in [6.07, 6.45) is 2.07. The first kappa shape index (κ1) is 23.8. The maximum absolute atomic E-state index is 12.3. The van der Waals surface area contributed by atoms with Crippen molar-refractivity contribution in [2.75, 3.05) is 13.1 Å². The number of aromatic nitrogens is 3. The van der Waals surface area contributed by atoms with E-state index in [0.717, 1.165) is 24.2 Å². The molecule has 0 spiro atoms. The van der Waals surface area contributed by atoms with Crippen LogP contribution in [0.5, 0.6) is 0 Å². The number of nitrogens with one attached hydrogen (secondary N) is 2. The van der Waals surface area contributed by atoms with Gasteiger partial charge in [-0.05, 0) is 36.6 Å². The summed E-state index contributed by atoms with van der Waals surface area (Å²) in [5.74, 6) is 1.20. The van der Waals surface area contributed by atoms with Crippen molar-refractivity contribution in [1.29, 1.82) is 0 Å². The monoisotopic (exact) mass is 473 g/mol. The smallest absolute Gasteiger partial charge is 0.251 e. The van der Waals surface area contributed by atoms with Crippen LogP contribution >= 0.6 is 24.0 Å². The minimum Gasteiger partial charge on any atom is -0.355 e. The van der Waals surface area contributed by atoms with Gasteiger partial charge in [0.05, 0.1) is 10.4 Å². The SMILES string of the molecule is CC(=O)NCCNC(=O)c1ccc(-c2nnc(C3(c4ccccc4)CC3)n2C)c(Cl)c1.Cl. The molecule has 1 aliphatic rings. The van der Waals surface area contributed by atoms with Crippen LogP contribution in [0.4, 0.5) is 0 Å². The third-order valence-corrected chi connectivity index (χ3v) is 5.95. The molecule has 0 radical (unpaired) electrons. The van der Waals surface area contributed by atoms with Crippen LogP contribution in [-0.4, -0.2) is 39.7 Å². The fourth-order valence-electron chi connectivity index (χ4n) is 3.86. The standard InChI is InChI=1S/C23H24ClN5O2.ClH/c1-15(30)25-12-13-26-21(31)16-8-9-18(19(24)14-16)20-27-28-22(29(20)2)23(10-11-23)17-6-4-3-5-7-17;/h3-9,14H,10-13H2,1-2H3,(H,25,30)(H,26,31);1H. The molecule has 0 unspecified atom stereocenters. The molecule has 0 aliphatic heterocycles. The molecule has 0 bridgehead atoms. The molecule has 3 aromatic rings. The third-order valence-electron chi connectivity index (χ3n) is 5.64. The van der Waals surface area contributed by atoms with Crippen LogP contribution in [-0.2, 0) is 17.3 Å². The zero-order valence-electron chi connectivity index (χ0n) is 17.9. The first-order valence-electron chi connectivity index (χ1n) is 10.2. The van der Waals surface area contributed by atoms with Gasteiger partial charge in [-0.3, -0.25) is 9.59 Å². The molecule has 1 saturated carbocycles. The van der Waals surface area contributed by atoms with E-state index in [0.29, 0.717) is 29.5 Å². The first-order valence-corrected chi connectivity index (χ1v) is 10.6. The predicted molar refractivity (Wildman–Crippen MR) is 126 cm³/mol. The van der Waals surface area contributed by atoms with E-state index in [1.165, 1.54) is 12.5 Å². The van der Waals surface area contributed by atoms with Gasteiger partial charge >= 0.3 is 0 Å². The number of halogens is 2. The number of carbonyl (C=O) groups is 2. The normalized spacial score (nSPS) is 13.7. The molecule has 1 aromatic heterocycles. The summed E-state index contributed by atoms with van der Waals surface area (Å²) >= 11 is 6.52. The van der Waals surface area contributed by atoms with Gasteiger partial charge in [0, 0.05) is 38.2 Å². The number of rotatable bonds is 7. The summed E-state index contributed by atoms with van der Waals surface area (Å²) in [5, 5.41) is 14.7. The third kappa shape index (κ3) is 4.64. The Hall–Kier alpha value is -2.90. The molecule has 2 N–H and O–H groups in total. The maximum atomic E-state index is 12.3. The summed E-state index contributed by atoms with van der Waals surface area (Å²) < 4.78 is 1.99. The minimum atomic E-state index is -0.251. The highest BCUT2D eigenvalue weighted by Crippen LogP contribution is 2.53. The lowest BCUT2D eigenvalue weighted by Gasteiger charge is -2.15. The Labute approximate surface area is 198 Å². The average Bonchev–Trinajstić information content (AvgIpc) is 3.48. The second-order valence-electron chi connectivity index (χ2n) is 7.79. The summed E-state index contributed by atoms with van der Waals surface area (Å²) in [4.78, 5) is 23.2. The van der Waals surface area contributed by atoms with E-state index >= 15 is 0 Å². The highest BCUT2D eigenvalue weighted by molar-refractivity contribution is 6.33. The molecule has 0 saturated heterocycles. The molecule has 1 fully saturated rings. The lowest BCUT2D eigenvalue weighted by atomic mass is 9.95. The van der Waals surface area contributed by atoms with E-state index in [9.17, 15) is 9.59 Å². The van der Waals surface area contributed by atoms with Gasteiger partial charge in [0.2, 0.25) is 5.91 Å². The number of carbonyl (C=O) groups excluding carboxylic acids is 2. The Kier molecular flexibility index (Phi) is 7.21. The zero-order chi connectivity index (χ0) is 22.0. The number of amides is 2. The van der Waals surface area contributed by atoms with Crippen molar-refractivity contribution in [2.45, 2.75) is 25.2 Å². The summed E-state index contributed by atoms with van der Waals surface area (Å²) in [7, 11) is 1.95.